The van der Waals surface area contributed by atoms with Crippen LogP contribution in [0.1, 0.15) is 66.9 Å². The Morgan fingerprint density at radius 1 is 1.31 bits per heavy atom. The zero-order chi connectivity index (χ0) is 36.8. The molecule has 8 unspecified atom stereocenters. The Labute approximate surface area is 297 Å². The van der Waals surface area contributed by atoms with Crippen LogP contribution in [-0.2, 0) is 35.0 Å². The molecule has 4 rings (SSSR count). The molecule has 0 radical (unpaired) electrons. The van der Waals surface area contributed by atoms with Gasteiger partial charge in [0, 0.05) is 26.5 Å². The Hall–Kier alpha value is -3.09. The van der Waals surface area contributed by atoms with Gasteiger partial charge in [-0.1, -0.05) is 63.1 Å². The van der Waals surface area contributed by atoms with Crippen molar-refractivity contribution < 1.29 is 38.4 Å². The molecule has 1 aromatic rings. The van der Waals surface area contributed by atoms with Crippen LogP contribution < -0.4 is 15.0 Å². The van der Waals surface area contributed by atoms with Gasteiger partial charge >= 0.3 is 5.97 Å². The molecular formula is C37H56ClN3O8. The number of hydrogen-bond acceptors (Lipinski definition) is 10. The van der Waals surface area contributed by atoms with Crippen molar-refractivity contribution in [1.29, 1.82) is 0 Å². The van der Waals surface area contributed by atoms with Gasteiger partial charge in [0.1, 0.15) is 40.7 Å². The van der Waals surface area contributed by atoms with Crippen LogP contribution >= 0.6 is 11.6 Å². The summed E-state index contributed by atoms with van der Waals surface area (Å²) in [4.78, 5) is 30.7. The first-order valence-electron chi connectivity index (χ1n) is 17.0. The first kappa shape index (κ1) is 40.3. The average Bonchev–Trinajstić information content (AvgIpc) is 3.77. The number of allylic oxidation sites excluding steroid dienone is 3. The number of fused-ring (bicyclic) bond motifs is 5. The van der Waals surface area contributed by atoms with Crippen LogP contribution in [-0.4, -0.2) is 98.5 Å². The number of esters is 1. The van der Waals surface area contributed by atoms with Crippen LogP contribution in [0.3, 0.4) is 0 Å². The number of likely N-dealkylation sites (N-methyl/N-ethyl adjacent to an activating group) is 1. The monoisotopic (exact) mass is 705 g/mol. The van der Waals surface area contributed by atoms with Gasteiger partial charge in [0.2, 0.25) is 5.91 Å². The first-order chi connectivity index (χ1) is 23.1. The number of amides is 1. The van der Waals surface area contributed by atoms with E-state index in [0.717, 1.165) is 11.1 Å². The quantitative estimate of drug-likeness (QED) is 0.295. The maximum atomic E-state index is 14.0. The van der Waals surface area contributed by atoms with E-state index in [4.69, 9.17) is 35.3 Å². The number of carbonyl (C=O) groups is 2. The van der Waals surface area contributed by atoms with E-state index in [1.165, 1.54) is 19.1 Å². The van der Waals surface area contributed by atoms with Crippen LogP contribution in [0.2, 0.25) is 5.02 Å². The second kappa shape index (κ2) is 16.7. The summed E-state index contributed by atoms with van der Waals surface area (Å²) in [6, 6.07) is 3.15. The van der Waals surface area contributed by atoms with E-state index >= 15 is 0 Å². The molecule has 1 amide bonds. The highest BCUT2D eigenvalue weighted by Crippen LogP contribution is 2.49. The molecule has 49 heavy (non-hydrogen) atoms. The highest BCUT2D eigenvalue weighted by atomic mass is 35.5. The Bertz CT molecular complexity index is 1420. The summed E-state index contributed by atoms with van der Waals surface area (Å²) in [7, 11) is 6.53. The summed E-state index contributed by atoms with van der Waals surface area (Å²) in [5.41, 5.74) is -0.198. The van der Waals surface area contributed by atoms with Crippen molar-refractivity contribution in [2.75, 3.05) is 39.8 Å². The molecule has 8 atom stereocenters. The molecule has 1 aromatic carbocycles. The molecule has 0 spiro atoms. The van der Waals surface area contributed by atoms with Crippen molar-refractivity contribution in [3.8, 4) is 5.75 Å². The largest absolute Gasteiger partial charge is 0.495 e. The number of epoxide rings is 1. The average molecular weight is 706 g/mol. The summed E-state index contributed by atoms with van der Waals surface area (Å²) >= 11 is 6.75. The van der Waals surface area contributed by atoms with E-state index in [9.17, 15) is 14.7 Å². The lowest BCUT2D eigenvalue weighted by atomic mass is 9.83. The van der Waals surface area contributed by atoms with Crippen LogP contribution in [0.5, 0.6) is 5.75 Å². The van der Waals surface area contributed by atoms with Crippen molar-refractivity contribution in [2.24, 2.45) is 5.92 Å². The van der Waals surface area contributed by atoms with Gasteiger partial charge in [0.05, 0.1) is 25.3 Å². The van der Waals surface area contributed by atoms with Gasteiger partial charge in [-0.15, -0.1) is 0 Å². The Morgan fingerprint density at radius 2 is 1.98 bits per heavy atom. The highest BCUT2D eigenvalue weighted by Gasteiger charge is 2.64. The third-order valence-corrected chi connectivity index (χ3v) is 10.2. The van der Waals surface area contributed by atoms with Gasteiger partial charge < -0.3 is 39.0 Å². The number of nitrogens with one attached hydrogen (secondary N) is 1. The third-order valence-electron chi connectivity index (χ3n) is 9.78. The molecule has 2 N–H and O–H groups in total. The van der Waals surface area contributed by atoms with E-state index in [2.05, 4.69) is 11.9 Å². The smallest absolute Gasteiger partial charge is 0.323 e. The summed E-state index contributed by atoms with van der Waals surface area (Å²) in [6.45, 7) is 18.1. The molecule has 3 aliphatic rings. The lowest BCUT2D eigenvalue weighted by molar-refractivity contribution is -0.159. The number of halogens is 1. The minimum absolute atomic E-state index is 0.156. The predicted octanol–water partition coefficient (Wildman–Crippen LogP) is 5.39. The second-order valence-electron chi connectivity index (χ2n) is 13.1. The maximum Gasteiger partial charge on any atom is 0.323 e. The minimum atomic E-state index is -1.53. The summed E-state index contributed by atoms with van der Waals surface area (Å²) < 4.78 is 29.8. The molecule has 0 aliphatic carbocycles. The van der Waals surface area contributed by atoms with Crippen molar-refractivity contribution >= 4 is 29.2 Å². The molecule has 3 heterocycles. The normalized spacial score (nSPS) is 32.7. The Balaban J connectivity index is 0.00000319. The van der Waals surface area contributed by atoms with E-state index < -0.39 is 47.8 Å². The van der Waals surface area contributed by atoms with Gasteiger partial charge in [-0.2, -0.15) is 0 Å². The van der Waals surface area contributed by atoms with Crippen molar-refractivity contribution in [2.45, 2.75) is 110 Å². The van der Waals surface area contributed by atoms with Gasteiger partial charge in [-0.3, -0.25) is 14.5 Å². The molecule has 2 saturated heterocycles. The minimum Gasteiger partial charge on any atom is -0.495 e. The summed E-state index contributed by atoms with van der Waals surface area (Å²) in [6.07, 6.45) is 3.43. The number of aliphatic hydroxyl groups is 1. The Kier molecular flexibility index (Phi) is 13.8. The maximum absolute atomic E-state index is 14.0. The molecule has 4 bridgehead atoms. The SMILES string of the molecule is C=C1NC2(O)CC(O1)C(C)C1OC1(C)C(OC(=O)C(C)N(C)CC)CC(=O)N(C)c1cc(cc(OC)c1Cl)C/C(C)=C/C=C/C2OC.CC. The topological polar surface area (TPSA) is 122 Å². The molecule has 12 heteroatoms. The van der Waals surface area contributed by atoms with E-state index in [1.807, 2.05) is 77.8 Å². The molecule has 274 valence electrons. The molecule has 3 aliphatic heterocycles. The number of rotatable bonds is 6. The van der Waals surface area contributed by atoms with Crippen molar-refractivity contribution in [3.05, 3.63) is 59.0 Å². The lowest BCUT2D eigenvalue weighted by Crippen LogP contribution is -2.60. The fourth-order valence-electron chi connectivity index (χ4n) is 6.41. The van der Waals surface area contributed by atoms with E-state index in [1.54, 1.807) is 20.0 Å². The third kappa shape index (κ3) is 8.99. The highest BCUT2D eigenvalue weighted by molar-refractivity contribution is 6.35. The number of hydrogen-bond donors (Lipinski definition) is 2. The molecule has 0 saturated carbocycles. The Morgan fingerprint density at radius 3 is 2.59 bits per heavy atom. The second-order valence-corrected chi connectivity index (χ2v) is 13.5. The van der Waals surface area contributed by atoms with Gasteiger partial charge in [0.15, 0.2) is 11.6 Å². The van der Waals surface area contributed by atoms with Gasteiger partial charge in [-0.25, -0.2) is 0 Å². The fourth-order valence-corrected chi connectivity index (χ4v) is 6.72. The van der Waals surface area contributed by atoms with Crippen LogP contribution in [0.15, 0.2) is 48.4 Å². The standard InChI is InChI=1S/C35H50ClN3O8.C2H6/c1-11-38(7)22(4)33(41)46-29-18-30(40)39(8)25-16-24(17-26(43-9)31(25)36)15-20(2)13-12-14-28(44-10)35(42)19-27(45-23(5)37-35)21(3)32-34(29,6)47-32;1-2/h12-14,16-17,21-22,27-29,32,37,42H,5,11,15,18-19H2,1-4,6-10H3;1-2H3/b14-12+,20-13+;. The first-order valence-corrected chi connectivity index (χ1v) is 17.4. The number of ether oxygens (including phenoxy) is 5. The fraction of sp³-hybridized carbons (Fsp3) is 0.622. The zero-order valence-corrected chi connectivity index (χ0v) is 31.7. The predicted molar refractivity (Wildman–Crippen MR) is 192 cm³/mol. The van der Waals surface area contributed by atoms with E-state index in [-0.39, 0.29) is 30.5 Å². The molecule has 11 nitrogen and oxygen atoms in total. The number of carbonyl (C=O) groups excluding carboxylic acids is 2. The van der Waals surface area contributed by atoms with Gasteiger partial charge in [0.25, 0.3) is 0 Å². The zero-order valence-electron chi connectivity index (χ0n) is 31.0. The number of benzene rings is 1. The summed E-state index contributed by atoms with van der Waals surface area (Å²) in [5, 5.41) is 15.1. The lowest BCUT2D eigenvalue weighted by Gasteiger charge is -2.44. The van der Waals surface area contributed by atoms with Crippen LogP contribution in [0, 0.1) is 5.92 Å². The molecular weight excluding hydrogens is 650 g/mol. The van der Waals surface area contributed by atoms with Crippen molar-refractivity contribution in [1.82, 2.24) is 10.2 Å². The molecule has 0 aromatic heterocycles. The number of anilines is 1. The van der Waals surface area contributed by atoms with Crippen LogP contribution in [0.4, 0.5) is 5.69 Å². The van der Waals surface area contributed by atoms with Crippen molar-refractivity contribution in [3.63, 3.8) is 0 Å². The van der Waals surface area contributed by atoms with Crippen LogP contribution in [0.25, 0.3) is 0 Å². The number of nitrogens with zero attached hydrogens (tertiary/aromatic N) is 2. The summed E-state index contributed by atoms with van der Waals surface area (Å²) in [5.74, 6) is -0.445. The number of methoxy groups -OCH3 is 2. The van der Waals surface area contributed by atoms with Gasteiger partial charge in [-0.05, 0) is 65.1 Å². The van der Waals surface area contributed by atoms with E-state index in [0.29, 0.717) is 29.4 Å². The molecule has 2 fully saturated rings.